The summed E-state index contributed by atoms with van der Waals surface area (Å²) in [4.78, 5) is 10.2. The van der Waals surface area contributed by atoms with Crippen molar-refractivity contribution in [2.75, 3.05) is 19.8 Å². The second-order valence-corrected chi connectivity index (χ2v) is 3.97. The van der Waals surface area contributed by atoms with E-state index in [1.165, 1.54) is 6.42 Å². The molecule has 2 atom stereocenters. The maximum atomic E-state index is 5.45. The van der Waals surface area contributed by atoms with Crippen LogP contribution in [0.2, 0.25) is 0 Å². The van der Waals surface area contributed by atoms with E-state index in [-0.39, 0.29) is 0 Å². The van der Waals surface area contributed by atoms with Gasteiger partial charge < -0.3 is 16.0 Å². The normalized spacial score (nSPS) is 32.1. The Morgan fingerprint density at radius 3 is 3.14 bits per heavy atom. The minimum atomic E-state index is 0.388. The van der Waals surface area contributed by atoms with Crippen LogP contribution in [0.1, 0.15) is 13.3 Å². The maximum Gasteiger partial charge on any atom is 0.218 e. The number of aliphatic imine (C=N–C) groups is 2. The number of hydrogen-bond donors (Lipinski definition) is 2. The average molecular weight is 195 g/mol. The number of hydrogen-bond acceptors (Lipinski definition) is 5. The Bertz CT molecular complexity index is 260. The van der Waals surface area contributed by atoms with Crippen LogP contribution in [0.3, 0.4) is 0 Å². The van der Waals surface area contributed by atoms with Crippen molar-refractivity contribution in [2.45, 2.75) is 19.4 Å². The molecule has 2 rings (SSSR count). The van der Waals surface area contributed by atoms with Gasteiger partial charge in [-0.1, -0.05) is 0 Å². The van der Waals surface area contributed by atoms with E-state index in [0.29, 0.717) is 24.6 Å². The summed E-state index contributed by atoms with van der Waals surface area (Å²) in [6.45, 7) is 5.03. The quantitative estimate of drug-likeness (QED) is 0.630. The molecule has 5 heteroatoms. The average Bonchev–Trinajstić information content (AvgIpc) is 2.56. The number of nitrogens with two attached hydrogens (primary N) is 1. The molecule has 0 bridgehead atoms. The van der Waals surface area contributed by atoms with Gasteiger partial charge in [-0.25, -0.2) is 9.98 Å². The molecule has 1 fully saturated rings. The van der Waals surface area contributed by atoms with Crippen LogP contribution in [0.4, 0.5) is 0 Å². The SMILES string of the molecule is CC1NCCC1CN1C=NC(N)=NC1. The van der Waals surface area contributed by atoms with Gasteiger partial charge in [0.05, 0.1) is 6.34 Å². The fourth-order valence-corrected chi connectivity index (χ4v) is 1.95. The standard InChI is InChI=1S/C9H17N5/c1-7-8(2-3-11-7)4-14-5-12-9(10)13-6-14/h5,7-8,11H,2-4,6H2,1H3,(H2,10,13). The van der Waals surface area contributed by atoms with Crippen molar-refractivity contribution in [2.24, 2.45) is 21.6 Å². The first-order valence-corrected chi connectivity index (χ1v) is 5.07. The molecule has 0 radical (unpaired) electrons. The smallest absolute Gasteiger partial charge is 0.218 e. The number of nitrogens with one attached hydrogen (secondary N) is 1. The third-order valence-electron chi connectivity index (χ3n) is 2.93. The Kier molecular flexibility index (Phi) is 2.67. The molecule has 0 saturated carbocycles. The highest BCUT2D eigenvalue weighted by Gasteiger charge is 2.24. The fraction of sp³-hybridized carbons (Fsp3) is 0.778. The summed E-state index contributed by atoms with van der Waals surface area (Å²) in [5.74, 6) is 1.09. The number of nitrogens with zero attached hydrogens (tertiary/aromatic N) is 3. The van der Waals surface area contributed by atoms with E-state index in [2.05, 4.69) is 27.1 Å². The predicted octanol–water partition coefficient (Wildman–Crippen LogP) is -0.399. The third kappa shape index (κ3) is 2.04. The highest BCUT2D eigenvalue weighted by Crippen LogP contribution is 2.16. The van der Waals surface area contributed by atoms with Crippen LogP contribution in [0.5, 0.6) is 0 Å². The molecule has 2 aliphatic heterocycles. The van der Waals surface area contributed by atoms with Gasteiger partial charge in [-0.15, -0.1) is 0 Å². The van der Waals surface area contributed by atoms with Gasteiger partial charge in [-0.05, 0) is 25.8 Å². The molecule has 2 heterocycles. The zero-order valence-electron chi connectivity index (χ0n) is 8.48. The molecule has 2 unspecified atom stereocenters. The van der Waals surface area contributed by atoms with E-state index in [1.807, 2.05) is 0 Å². The monoisotopic (exact) mass is 195 g/mol. The third-order valence-corrected chi connectivity index (χ3v) is 2.93. The molecule has 5 nitrogen and oxygen atoms in total. The van der Waals surface area contributed by atoms with Gasteiger partial charge in [0.2, 0.25) is 5.96 Å². The van der Waals surface area contributed by atoms with Crippen LogP contribution in [-0.2, 0) is 0 Å². The van der Waals surface area contributed by atoms with Gasteiger partial charge in [-0.2, -0.15) is 0 Å². The lowest BCUT2D eigenvalue weighted by molar-refractivity contribution is 0.333. The Balaban J connectivity index is 1.84. The van der Waals surface area contributed by atoms with E-state index in [9.17, 15) is 0 Å². The minimum absolute atomic E-state index is 0.388. The van der Waals surface area contributed by atoms with Crippen LogP contribution in [-0.4, -0.2) is 43.0 Å². The van der Waals surface area contributed by atoms with Gasteiger partial charge in [0.1, 0.15) is 6.67 Å². The Hall–Kier alpha value is -1.10. The summed E-state index contributed by atoms with van der Waals surface area (Å²) in [7, 11) is 0. The lowest BCUT2D eigenvalue weighted by Crippen LogP contribution is -2.36. The van der Waals surface area contributed by atoms with E-state index >= 15 is 0 Å². The van der Waals surface area contributed by atoms with Crippen LogP contribution in [0, 0.1) is 5.92 Å². The zero-order chi connectivity index (χ0) is 9.97. The van der Waals surface area contributed by atoms with Crippen molar-refractivity contribution < 1.29 is 0 Å². The Morgan fingerprint density at radius 2 is 2.57 bits per heavy atom. The summed E-state index contributed by atoms with van der Waals surface area (Å²) in [6, 6.07) is 0.603. The Labute approximate surface area is 84.1 Å². The van der Waals surface area contributed by atoms with Gasteiger partial charge in [0.25, 0.3) is 0 Å². The van der Waals surface area contributed by atoms with Gasteiger partial charge >= 0.3 is 0 Å². The van der Waals surface area contributed by atoms with E-state index < -0.39 is 0 Å². The van der Waals surface area contributed by atoms with Crippen LogP contribution in [0.25, 0.3) is 0 Å². The molecule has 0 aromatic heterocycles. The highest BCUT2D eigenvalue weighted by atomic mass is 15.3. The summed E-state index contributed by atoms with van der Waals surface area (Å²) < 4.78 is 0. The van der Waals surface area contributed by atoms with E-state index in [1.54, 1.807) is 6.34 Å². The molecule has 0 aromatic rings. The van der Waals surface area contributed by atoms with Crippen LogP contribution < -0.4 is 11.1 Å². The largest absolute Gasteiger partial charge is 0.368 e. The van der Waals surface area contributed by atoms with Crippen molar-refractivity contribution in [3.63, 3.8) is 0 Å². The summed E-state index contributed by atoms with van der Waals surface area (Å²) in [5.41, 5.74) is 5.45. The van der Waals surface area contributed by atoms with E-state index in [0.717, 1.165) is 13.1 Å². The summed E-state index contributed by atoms with van der Waals surface area (Å²) in [5, 5.41) is 3.44. The summed E-state index contributed by atoms with van der Waals surface area (Å²) in [6.07, 6.45) is 3.04. The molecular weight excluding hydrogens is 178 g/mol. The minimum Gasteiger partial charge on any atom is -0.368 e. The van der Waals surface area contributed by atoms with Crippen molar-refractivity contribution in [3.05, 3.63) is 0 Å². The first-order chi connectivity index (χ1) is 6.75. The van der Waals surface area contributed by atoms with Gasteiger partial charge in [-0.3, -0.25) is 0 Å². The van der Waals surface area contributed by atoms with Gasteiger partial charge in [0, 0.05) is 12.6 Å². The van der Waals surface area contributed by atoms with Crippen molar-refractivity contribution >= 4 is 12.3 Å². The number of guanidine groups is 1. The second-order valence-electron chi connectivity index (χ2n) is 3.97. The summed E-state index contributed by atoms with van der Waals surface area (Å²) >= 11 is 0. The molecule has 0 aliphatic carbocycles. The maximum absolute atomic E-state index is 5.45. The second kappa shape index (κ2) is 3.96. The molecule has 2 aliphatic rings. The van der Waals surface area contributed by atoms with Gasteiger partial charge in [0.15, 0.2) is 0 Å². The topological polar surface area (TPSA) is 66.0 Å². The molecular formula is C9H17N5. The highest BCUT2D eigenvalue weighted by molar-refractivity contribution is 5.87. The van der Waals surface area contributed by atoms with Crippen LogP contribution in [0.15, 0.2) is 9.98 Å². The fourth-order valence-electron chi connectivity index (χ4n) is 1.95. The van der Waals surface area contributed by atoms with Crippen LogP contribution >= 0.6 is 0 Å². The number of rotatable bonds is 2. The molecule has 0 amide bonds. The lowest BCUT2D eigenvalue weighted by Gasteiger charge is -2.25. The van der Waals surface area contributed by atoms with Crippen molar-refractivity contribution in [1.82, 2.24) is 10.2 Å². The predicted molar refractivity (Wildman–Crippen MR) is 57.3 cm³/mol. The molecule has 3 N–H and O–H groups in total. The first kappa shape index (κ1) is 9.45. The van der Waals surface area contributed by atoms with E-state index in [4.69, 9.17) is 5.73 Å². The van der Waals surface area contributed by atoms with Crippen molar-refractivity contribution in [3.8, 4) is 0 Å². The molecule has 14 heavy (non-hydrogen) atoms. The Morgan fingerprint density at radius 1 is 1.71 bits per heavy atom. The van der Waals surface area contributed by atoms with Crippen molar-refractivity contribution in [1.29, 1.82) is 0 Å². The molecule has 78 valence electrons. The zero-order valence-corrected chi connectivity index (χ0v) is 8.48. The molecule has 1 saturated heterocycles. The lowest BCUT2D eigenvalue weighted by atomic mass is 10.0. The first-order valence-electron chi connectivity index (χ1n) is 5.07. The molecule has 0 spiro atoms. The molecule has 0 aromatic carbocycles.